The third-order valence-electron chi connectivity index (χ3n) is 5.36. The van der Waals surface area contributed by atoms with Crippen molar-refractivity contribution in [3.63, 3.8) is 0 Å². The highest BCUT2D eigenvalue weighted by atomic mass is 16.4. The van der Waals surface area contributed by atoms with E-state index in [4.69, 9.17) is 8.83 Å². The van der Waals surface area contributed by atoms with Crippen LogP contribution in [0.5, 0.6) is 0 Å². The molecule has 1 aromatic carbocycles. The van der Waals surface area contributed by atoms with Crippen LogP contribution in [0.1, 0.15) is 16.1 Å². The van der Waals surface area contributed by atoms with Gasteiger partial charge in [-0.3, -0.25) is 9.69 Å². The van der Waals surface area contributed by atoms with Gasteiger partial charge in [0.15, 0.2) is 11.5 Å². The van der Waals surface area contributed by atoms with E-state index in [0.717, 1.165) is 16.5 Å². The van der Waals surface area contributed by atoms with Crippen molar-refractivity contribution >= 4 is 22.6 Å². The first-order valence-corrected chi connectivity index (χ1v) is 9.74. The summed E-state index contributed by atoms with van der Waals surface area (Å²) in [6.45, 7) is 3.02. The van der Waals surface area contributed by atoms with E-state index >= 15 is 0 Å². The normalized spacial score (nSPS) is 14.8. The molecule has 0 aliphatic carbocycles. The monoisotopic (exact) mass is 401 g/mol. The summed E-state index contributed by atoms with van der Waals surface area (Å²) < 4.78 is 11.1. The highest BCUT2D eigenvalue weighted by molar-refractivity contribution is 6.08. The van der Waals surface area contributed by atoms with Crippen LogP contribution in [-0.4, -0.2) is 53.4 Å². The Balaban J connectivity index is 1.26. The topological polar surface area (TPSA) is 102 Å². The molecule has 30 heavy (non-hydrogen) atoms. The summed E-state index contributed by atoms with van der Waals surface area (Å²) in [5.41, 5.74) is 1.93. The molecule has 8 nitrogen and oxygen atoms in total. The Labute approximate surface area is 172 Å². The van der Waals surface area contributed by atoms with Crippen LogP contribution in [0.4, 0.5) is 5.88 Å². The molecule has 0 amide bonds. The fourth-order valence-electron chi connectivity index (χ4n) is 3.80. The van der Waals surface area contributed by atoms with Crippen molar-refractivity contribution in [2.24, 2.45) is 0 Å². The lowest BCUT2D eigenvalue weighted by Crippen LogP contribution is -2.48. The number of rotatable bonds is 5. The van der Waals surface area contributed by atoms with E-state index in [9.17, 15) is 10.1 Å². The highest BCUT2D eigenvalue weighted by Gasteiger charge is 2.26. The zero-order valence-electron chi connectivity index (χ0n) is 16.2. The molecule has 1 aliphatic rings. The van der Waals surface area contributed by atoms with Gasteiger partial charge in [-0.2, -0.15) is 10.2 Å². The minimum Gasteiger partial charge on any atom is -0.459 e. The lowest BCUT2D eigenvalue weighted by Gasteiger charge is -2.34. The van der Waals surface area contributed by atoms with Gasteiger partial charge in [-0.05, 0) is 18.2 Å². The number of H-pyrrole nitrogens is 1. The van der Waals surface area contributed by atoms with Gasteiger partial charge in [-0.25, -0.2) is 0 Å². The molecule has 0 spiro atoms. The van der Waals surface area contributed by atoms with Crippen LogP contribution >= 0.6 is 0 Å². The Morgan fingerprint density at radius 3 is 2.77 bits per heavy atom. The van der Waals surface area contributed by atoms with Crippen LogP contribution in [-0.2, 0) is 0 Å². The fourth-order valence-corrected chi connectivity index (χ4v) is 3.80. The highest BCUT2D eigenvalue weighted by Crippen LogP contribution is 2.29. The van der Waals surface area contributed by atoms with E-state index in [1.165, 1.54) is 6.26 Å². The van der Waals surface area contributed by atoms with Crippen LogP contribution < -0.4 is 4.90 Å². The Morgan fingerprint density at radius 1 is 1.17 bits per heavy atom. The van der Waals surface area contributed by atoms with Crippen molar-refractivity contribution < 1.29 is 13.6 Å². The number of furan rings is 1. The summed E-state index contributed by atoms with van der Waals surface area (Å²) >= 11 is 0. The zero-order chi connectivity index (χ0) is 20.5. The Bertz CT molecular complexity index is 1220. The smallest absolute Gasteiger partial charge is 0.266 e. The molecule has 8 heteroatoms. The zero-order valence-corrected chi connectivity index (χ0v) is 16.2. The lowest BCUT2D eigenvalue weighted by atomic mass is 10.1. The van der Waals surface area contributed by atoms with Gasteiger partial charge in [-0.15, -0.1) is 0 Å². The molecular formula is C22H19N5O3. The van der Waals surface area contributed by atoms with Gasteiger partial charge in [-0.1, -0.05) is 18.2 Å². The molecule has 3 aromatic heterocycles. The number of Topliss-reactive ketones (excluding diaryl/α,β-unsaturated/α-hetero) is 1. The molecular weight excluding hydrogens is 382 g/mol. The fraction of sp³-hybridized carbons (Fsp3) is 0.227. The van der Waals surface area contributed by atoms with Gasteiger partial charge >= 0.3 is 0 Å². The van der Waals surface area contributed by atoms with Crippen molar-refractivity contribution in [3.05, 3.63) is 60.1 Å². The lowest BCUT2D eigenvalue weighted by molar-refractivity contribution is 0.0927. The number of anilines is 1. The number of hydrogen-bond donors (Lipinski definition) is 1. The summed E-state index contributed by atoms with van der Waals surface area (Å²) in [6, 6.07) is 13.4. The summed E-state index contributed by atoms with van der Waals surface area (Å²) in [4.78, 5) is 24.3. The molecule has 1 saturated heterocycles. The van der Waals surface area contributed by atoms with Gasteiger partial charge in [0.1, 0.15) is 6.07 Å². The number of ketones is 1. The summed E-state index contributed by atoms with van der Waals surface area (Å²) in [7, 11) is 0. The average Bonchev–Trinajstić information content (AvgIpc) is 3.53. The first-order valence-electron chi connectivity index (χ1n) is 9.74. The number of aromatic amines is 1. The van der Waals surface area contributed by atoms with Crippen LogP contribution in [0.15, 0.2) is 57.7 Å². The summed E-state index contributed by atoms with van der Waals surface area (Å²) in [6.07, 6.45) is 3.32. The predicted molar refractivity (Wildman–Crippen MR) is 110 cm³/mol. The van der Waals surface area contributed by atoms with Crippen molar-refractivity contribution in [2.75, 3.05) is 37.6 Å². The average molecular weight is 401 g/mol. The van der Waals surface area contributed by atoms with E-state index in [1.54, 1.807) is 18.3 Å². The number of nitrogens with one attached hydrogen (secondary N) is 1. The molecule has 1 fully saturated rings. The van der Waals surface area contributed by atoms with E-state index in [-0.39, 0.29) is 11.5 Å². The third kappa shape index (κ3) is 3.25. The quantitative estimate of drug-likeness (QED) is 0.512. The SMILES string of the molecule is N#Cc1nc(-c2ccco2)oc1N1CCN(CC(=O)c2c[nH]c3ccccc23)CC1. The van der Waals surface area contributed by atoms with Crippen LogP contribution in [0.2, 0.25) is 0 Å². The maximum atomic E-state index is 12.8. The number of aromatic nitrogens is 2. The molecule has 4 aromatic rings. The number of carbonyl (C=O) groups is 1. The largest absolute Gasteiger partial charge is 0.459 e. The summed E-state index contributed by atoms with van der Waals surface area (Å²) in [5, 5.41) is 10.4. The Kier molecular flexibility index (Phi) is 4.58. The van der Waals surface area contributed by atoms with Crippen molar-refractivity contribution in [3.8, 4) is 17.7 Å². The molecule has 4 heterocycles. The third-order valence-corrected chi connectivity index (χ3v) is 5.36. The number of hydrogen-bond acceptors (Lipinski definition) is 7. The molecule has 0 unspecified atom stereocenters. The maximum Gasteiger partial charge on any atom is 0.266 e. The van der Waals surface area contributed by atoms with Crippen LogP contribution in [0.25, 0.3) is 22.6 Å². The number of fused-ring (bicyclic) bond motifs is 1. The van der Waals surface area contributed by atoms with Gasteiger partial charge in [0.2, 0.25) is 11.6 Å². The van der Waals surface area contributed by atoms with E-state index in [2.05, 4.69) is 20.9 Å². The molecule has 1 N–H and O–H groups in total. The van der Waals surface area contributed by atoms with Gasteiger partial charge in [0.25, 0.3) is 5.89 Å². The van der Waals surface area contributed by atoms with Crippen LogP contribution in [0, 0.1) is 11.3 Å². The standard InChI is InChI=1S/C22H19N5O3/c23-12-18-22(30-21(25-18)20-6-3-11-29-20)27-9-7-26(8-10-27)14-19(28)16-13-24-17-5-2-1-4-15(16)17/h1-6,11,13,24H,7-10,14H2. The van der Waals surface area contributed by atoms with Crippen molar-refractivity contribution in [2.45, 2.75) is 0 Å². The molecule has 150 valence electrons. The Morgan fingerprint density at radius 2 is 2.00 bits per heavy atom. The van der Waals surface area contributed by atoms with Gasteiger partial charge in [0, 0.05) is 48.8 Å². The van der Waals surface area contributed by atoms with Crippen LogP contribution in [0.3, 0.4) is 0 Å². The molecule has 0 atom stereocenters. The molecule has 0 bridgehead atoms. The summed E-state index contributed by atoms with van der Waals surface area (Å²) in [5.74, 6) is 1.33. The number of oxazole rings is 1. The number of piperazine rings is 1. The van der Waals surface area contributed by atoms with Gasteiger partial charge in [0.05, 0.1) is 12.8 Å². The minimum absolute atomic E-state index is 0.0957. The minimum atomic E-state index is 0.0957. The maximum absolute atomic E-state index is 12.8. The van der Waals surface area contributed by atoms with Crippen molar-refractivity contribution in [1.82, 2.24) is 14.9 Å². The number of carbonyl (C=O) groups excluding carboxylic acids is 1. The second kappa shape index (κ2) is 7.54. The van der Waals surface area contributed by atoms with E-state index < -0.39 is 0 Å². The van der Waals surface area contributed by atoms with Gasteiger partial charge < -0.3 is 18.7 Å². The molecule has 1 aliphatic heterocycles. The Hall–Kier alpha value is -3.83. The number of benzene rings is 1. The second-order valence-electron chi connectivity index (χ2n) is 7.20. The first-order chi connectivity index (χ1) is 14.7. The van der Waals surface area contributed by atoms with Crippen molar-refractivity contribution in [1.29, 1.82) is 5.26 Å². The number of nitriles is 1. The first kappa shape index (κ1) is 18.2. The number of nitrogens with zero attached hydrogens (tertiary/aromatic N) is 4. The van der Waals surface area contributed by atoms with E-state index in [1.807, 2.05) is 29.2 Å². The predicted octanol–water partition coefficient (Wildman–Crippen LogP) is 3.29. The molecule has 0 radical (unpaired) electrons. The number of para-hydroxylation sites is 1. The van der Waals surface area contributed by atoms with E-state index in [0.29, 0.717) is 50.3 Å². The molecule has 5 rings (SSSR count). The molecule has 0 saturated carbocycles. The second-order valence-corrected chi connectivity index (χ2v) is 7.20.